The lowest BCUT2D eigenvalue weighted by molar-refractivity contribution is -0.137. The SMILES string of the molecule is O=c1cc(-c2ccc(C(F)(F)F)cc2)nc2[nH]c(-c3ccc(F)cc3F)c(-c3ccc(F)cc3F)n12. The summed E-state index contributed by atoms with van der Waals surface area (Å²) in [5, 5.41) is 0. The van der Waals surface area contributed by atoms with Crippen molar-refractivity contribution in [1.82, 2.24) is 14.4 Å². The number of benzene rings is 3. The Kier molecular flexibility index (Phi) is 5.42. The van der Waals surface area contributed by atoms with Crippen molar-refractivity contribution in [3.8, 4) is 33.8 Å². The van der Waals surface area contributed by atoms with Gasteiger partial charge in [0.2, 0.25) is 5.78 Å². The normalized spacial score (nSPS) is 11.9. The summed E-state index contributed by atoms with van der Waals surface area (Å²) in [6.07, 6.45) is -4.56. The molecule has 11 heteroatoms. The van der Waals surface area contributed by atoms with Crippen LogP contribution in [0, 0.1) is 23.3 Å². The summed E-state index contributed by atoms with van der Waals surface area (Å²) in [6.45, 7) is 0. The van der Waals surface area contributed by atoms with E-state index in [0.29, 0.717) is 12.1 Å². The first kappa shape index (κ1) is 23.3. The van der Waals surface area contributed by atoms with Crippen molar-refractivity contribution in [2.24, 2.45) is 0 Å². The zero-order valence-electron chi connectivity index (χ0n) is 17.8. The van der Waals surface area contributed by atoms with E-state index in [1.165, 1.54) is 0 Å². The van der Waals surface area contributed by atoms with E-state index in [4.69, 9.17) is 0 Å². The molecule has 5 rings (SSSR count). The van der Waals surface area contributed by atoms with Crippen molar-refractivity contribution < 1.29 is 30.7 Å². The molecule has 0 atom stereocenters. The Labute approximate surface area is 197 Å². The summed E-state index contributed by atoms with van der Waals surface area (Å²) in [4.78, 5) is 20.1. The number of nitrogens with zero attached hydrogens (tertiary/aromatic N) is 2. The van der Waals surface area contributed by atoms with E-state index in [1.54, 1.807) is 0 Å². The highest BCUT2D eigenvalue weighted by molar-refractivity contribution is 5.82. The van der Waals surface area contributed by atoms with Crippen LogP contribution in [0.3, 0.4) is 0 Å². The molecule has 5 aromatic rings. The largest absolute Gasteiger partial charge is 0.416 e. The number of rotatable bonds is 3. The fourth-order valence-corrected chi connectivity index (χ4v) is 3.87. The number of aromatic nitrogens is 3. The molecule has 4 nitrogen and oxygen atoms in total. The molecule has 1 N–H and O–H groups in total. The predicted octanol–water partition coefficient (Wildman–Crippen LogP) is 6.60. The smallest absolute Gasteiger partial charge is 0.323 e. The van der Waals surface area contributed by atoms with Gasteiger partial charge in [0.05, 0.1) is 22.6 Å². The zero-order chi connectivity index (χ0) is 25.8. The lowest BCUT2D eigenvalue weighted by atomic mass is 10.0. The average Bonchev–Trinajstić information content (AvgIpc) is 3.18. The van der Waals surface area contributed by atoms with Crippen LogP contribution in [0.15, 0.2) is 71.5 Å². The number of fused-ring (bicyclic) bond motifs is 1. The highest BCUT2D eigenvalue weighted by atomic mass is 19.4. The van der Waals surface area contributed by atoms with Gasteiger partial charge in [-0.15, -0.1) is 0 Å². The molecule has 0 bridgehead atoms. The maximum atomic E-state index is 14.8. The molecule has 0 unspecified atom stereocenters. The minimum absolute atomic E-state index is 0.00719. The molecule has 0 aliphatic carbocycles. The third kappa shape index (κ3) is 4.02. The second-order valence-electron chi connectivity index (χ2n) is 7.81. The molecule has 0 saturated carbocycles. The van der Waals surface area contributed by atoms with E-state index in [2.05, 4.69) is 9.97 Å². The van der Waals surface area contributed by atoms with Gasteiger partial charge in [-0.25, -0.2) is 26.9 Å². The maximum absolute atomic E-state index is 14.8. The average molecular weight is 503 g/mol. The second kappa shape index (κ2) is 8.36. The van der Waals surface area contributed by atoms with Gasteiger partial charge in [0.1, 0.15) is 23.3 Å². The van der Waals surface area contributed by atoms with E-state index in [9.17, 15) is 35.5 Å². The lowest BCUT2D eigenvalue weighted by Crippen LogP contribution is -2.14. The lowest BCUT2D eigenvalue weighted by Gasteiger charge is -2.09. The topological polar surface area (TPSA) is 50.2 Å². The van der Waals surface area contributed by atoms with Crippen LogP contribution in [0.5, 0.6) is 0 Å². The molecular weight excluding hydrogens is 491 g/mol. The molecule has 0 aliphatic rings. The monoisotopic (exact) mass is 503 g/mol. The molecule has 0 spiro atoms. The van der Waals surface area contributed by atoms with Gasteiger partial charge >= 0.3 is 6.18 Å². The standard InChI is InChI=1S/C25H12F7N3O/c26-14-5-7-16(18(28)9-14)22-23(17-8-6-15(27)10-19(17)29)35-21(36)11-20(33-24(35)34-22)12-1-3-13(4-2-12)25(30,31)32/h1-11H,(H,33,34). The van der Waals surface area contributed by atoms with Crippen LogP contribution < -0.4 is 5.56 Å². The van der Waals surface area contributed by atoms with Crippen molar-refractivity contribution in [2.75, 3.05) is 0 Å². The van der Waals surface area contributed by atoms with E-state index >= 15 is 0 Å². The summed E-state index contributed by atoms with van der Waals surface area (Å²) in [5.74, 6) is -4.04. The minimum Gasteiger partial charge on any atom is -0.323 e. The molecular formula is C25H12F7N3O. The quantitative estimate of drug-likeness (QED) is 0.282. The number of nitrogens with one attached hydrogen (secondary N) is 1. The van der Waals surface area contributed by atoms with Crippen LogP contribution >= 0.6 is 0 Å². The van der Waals surface area contributed by atoms with Crippen LogP contribution in [0.4, 0.5) is 30.7 Å². The Morgan fingerprint density at radius 2 is 1.33 bits per heavy atom. The summed E-state index contributed by atoms with van der Waals surface area (Å²) < 4.78 is 96.2. The second-order valence-corrected chi connectivity index (χ2v) is 7.81. The molecule has 0 aliphatic heterocycles. The van der Waals surface area contributed by atoms with E-state index in [-0.39, 0.29) is 39.5 Å². The van der Waals surface area contributed by atoms with Gasteiger partial charge in [0.25, 0.3) is 5.56 Å². The molecule has 3 aromatic carbocycles. The van der Waals surface area contributed by atoms with Crippen molar-refractivity contribution >= 4 is 5.78 Å². The number of hydrogen-bond acceptors (Lipinski definition) is 2. The third-order valence-corrected chi connectivity index (χ3v) is 5.51. The highest BCUT2D eigenvalue weighted by Crippen LogP contribution is 2.36. The number of aromatic amines is 1. The molecule has 182 valence electrons. The van der Waals surface area contributed by atoms with Crippen LogP contribution in [-0.4, -0.2) is 14.4 Å². The van der Waals surface area contributed by atoms with Gasteiger partial charge < -0.3 is 4.98 Å². The zero-order valence-corrected chi connectivity index (χ0v) is 17.8. The van der Waals surface area contributed by atoms with Gasteiger partial charge in [0, 0.05) is 34.9 Å². The van der Waals surface area contributed by atoms with Gasteiger partial charge in [-0.05, 0) is 36.4 Å². The van der Waals surface area contributed by atoms with Crippen molar-refractivity contribution in [2.45, 2.75) is 6.18 Å². The summed E-state index contributed by atoms with van der Waals surface area (Å²) in [5.41, 5.74) is -2.35. The molecule has 0 fully saturated rings. The fraction of sp³-hybridized carbons (Fsp3) is 0.0400. The first-order valence-corrected chi connectivity index (χ1v) is 10.3. The molecule has 36 heavy (non-hydrogen) atoms. The van der Waals surface area contributed by atoms with Gasteiger partial charge in [0.15, 0.2) is 0 Å². The number of hydrogen-bond donors (Lipinski definition) is 1. The Bertz CT molecular complexity index is 1690. The number of imidazole rings is 1. The van der Waals surface area contributed by atoms with Crippen LogP contribution in [0.25, 0.3) is 39.5 Å². The molecule has 0 saturated heterocycles. The Morgan fingerprint density at radius 1 is 0.750 bits per heavy atom. The summed E-state index contributed by atoms with van der Waals surface area (Å²) in [6, 6.07) is 10.1. The van der Waals surface area contributed by atoms with Gasteiger partial charge in [-0.1, -0.05) is 12.1 Å². The maximum Gasteiger partial charge on any atom is 0.416 e. The summed E-state index contributed by atoms with van der Waals surface area (Å²) >= 11 is 0. The Balaban J connectivity index is 1.78. The number of halogens is 7. The Hall–Kier alpha value is -4.41. The summed E-state index contributed by atoms with van der Waals surface area (Å²) in [7, 11) is 0. The first-order chi connectivity index (χ1) is 17.0. The first-order valence-electron chi connectivity index (χ1n) is 10.3. The molecule has 0 radical (unpaired) electrons. The highest BCUT2D eigenvalue weighted by Gasteiger charge is 2.30. The number of alkyl halides is 3. The fourth-order valence-electron chi connectivity index (χ4n) is 3.87. The molecule has 2 aromatic heterocycles. The van der Waals surface area contributed by atoms with E-state index in [1.807, 2.05) is 0 Å². The minimum atomic E-state index is -4.56. The van der Waals surface area contributed by atoms with E-state index < -0.39 is 40.6 Å². The molecule has 2 heterocycles. The number of H-pyrrole nitrogens is 1. The van der Waals surface area contributed by atoms with E-state index in [0.717, 1.165) is 59.0 Å². The van der Waals surface area contributed by atoms with Crippen LogP contribution in [0.1, 0.15) is 5.56 Å². The van der Waals surface area contributed by atoms with Crippen LogP contribution in [0.2, 0.25) is 0 Å². The Morgan fingerprint density at radius 3 is 1.89 bits per heavy atom. The van der Waals surface area contributed by atoms with Gasteiger partial charge in [-0.3, -0.25) is 4.79 Å². The third-order valence-electron chi connectivity index (χ3n) is 5.51. The molecule has 0 amide bonds. The van der Waals surface area contributed by atoms with Gasteiger partial charge in [-0.2, -0.15) is 13.2 Å². The van der Waals surface area contributed by atoms with Crippen molar-refractivity contribution in [1.29, 1.82) is 0 Å². The van der Waals surface area contributed by atoms with Crippen LogP contribution in [-0.2, 0) is 6.18 Å². The van der Waals surface area contributed by atoms with Crippen molar-refractivity contribution in [3.05, 3.63) is 106 Å². The predicted molar refractivity (Wildman–Crippen MR) is 117 cm³/mol. The van der Waals surface area contributed by atoms with Crippen molar-refractivity contribution in [3.63, 3.8) is 0 Å².